The maximum Gasteiger partial charge on any atom is 0.374 e. The molecule has 0 aromatic heterocycles. The Kier molecular flexibility index (Phi) is 5.28. The third-order valence-corrected chi connectivity index (χ3v) is 4.48. The van der Waals surface area contributed by atoms with Crippen LogP contribution in [-0.4, -0.2) is 18.9 Å². The second kappa shape index (κ2) is 7.80. The van der Waals surface area contributed by atoms with E-state index < -0.39 is 17.7 Å². The molecule has 2 N–H and O–H groups in total. The molecule has 3 rings (SSSR count). The summed E-state index contributed by atoms with van der Waals surface area (Å²) >= 11 is 0. The monoisotopic (exact) mass is 374 g/mol. The molecule has 1 unspecified atom stereocenters. The summed E-state index contributed by atoms with van der Waals surface area (Å²) in [5.41, 5.74) is 7.98. The zero-order valence-corrected chi connectivity index (χ0v) is 15.4. The Hall–Kier alpha value is -3.85. The fraction of sp³-hybridized carbons (Fsp3) is 0.136. The molecule has 0 aliphatic carbocycles. The number of benzene rings is 2. The predicted molar refractivity (Wildman–Crippen MR) is 102 cm³/mol. The van der Waals surface area contributed by atoms with E-state index in [1.54, 1.807) is 48.5 Å². The van der Waals surface area contributed by atoms with Gasteiger partial charge in [-0.05, 0) is 12.5 Å². The van der Waals surface area contributed by atoms with Crippen LogP contribution in [0, 0.1) is 18.3 Å². The third-order valence-electron chi connectivity index (χ3n) is 4.48. The van der Waals surface area contributed by atoms with Gasteiger partial charge in [0.15, 0.2) is 5.78 Å². The van der Waals surface area contributed by atoms with Crippen molar-refractivity contribution in [2.45, 2.75) is 12.8 Å². The van der Waals surface area contributed by atoms with Crippen molar-refractivity contribution in [1.82, 2.24) is 0 Å². The lowest BCUT2D eigenvalue weighted by molar-refractivity contribution is -0.139. The molecule has 0 saturated carbocycles. The van der Waals surface area contributed by atoms with Gasteiger partial charge in [-0.1, -0.05) is 60.2 Å². The van der Waals surface area contributed by atoms with Gasteiger partial charge < -0.3 is 15.2 Å². The van der Waals surface area contributed by atoms with Gasteiger partial charge in [0.2, 0.25) is 11.6 Å². The standard InChI is InChI=1S/C22H18N2O4/c1-13-8-10-15(11-9-13)19(25)18-17(14-6-4-3-5-7-14)16(12-23)21(24)28-20(18)22(26)27-2/h3-11,17H,24H2,1-2H3. The van der Waals surface area contributed by atoms with Crippen molar-refractivity contribution in [1.29, 1.82) is 5.26 Å². The number of hydrogen-bond acceptors (Lipinski definition) is 6. The van der Waals surface area contributed by atoms with Crippen LogP contribution in [-0.2, 0) is 14.3 Å². The van der Waals surface area contributed by atoms with Gasteiger partial charge in [0.05, 0.1) is 18.6 Å². The number of methoxy groups -OCH3 is 1. The first kappa shape index (κ1) is 18.9. The minimum Gasteiger partial charge on any atom is -0.463 e. The van der Waals surface area contributed by atoms with Crippen LogP contribution in [0.3, 0.4) is 0 Å². The molecular weight excluding hydrogens is 356 g/mol. The van der Waals surface area contributed by atoms with Crippen molar-refractivity contribution < 1.29 is 19.1 Å². The summed E-state index contributed by atoms with van der Waals surface area (Å²) in [5, 5.41) is 9.66. The van der Waals surface area contributed by atoms with Crippen molar-refractivity contribution in [3.63, 3.8) is 0 Å². The highest BCUT2D eigenvalue weighted by Crippen LogP contribution is 2.40. The van der Waals surface area contributed by atoms with Gasteiger partial charge in [0.1, 0.15) is 11.6 Å². The number of esters is 1. The molecule has 1 aliphatic rings. The van der Waals surface area contributed by atoms with Crippen molar-refractivity contribution >= 4 is 11.8 Å². The molecule has 2 aromatic rings. The SMILES string of the molecule is COC(=O)C1=C(C(=O)c2ccc(C)cc2)C(c2ccccc2)C(C#N)=C(N)O1. The van der Waals surface area contributed by atoms with Gasteiger partial charge >= 0.3 is 5.97 Å². The molecule has 140 valence electrons. The van der Waals surface area contributed by atoms with Gasteiger partial charge in [-0.3, -0.25) is 4.79 Å². The number of carbonyl (C=O) groups is 2. The summed E-state index contributed by atoms with van der Waals surface area (Å²) in [6.07, 6.45) is 0. The van der Waals surface area contributed by atoms with E-state index in [1.165, 1.54) is 7.11 Å². The van der Waals surface area contributed by atoms with Crippen molar-refractivity contribution in [3.8, 4) is 6.07 Å². The molecule has 0 bridgehead atoms. The molecule has 0 spiro atoms. The number of ketones is 1. The van der Waals surface area contributed by atoms with E-state index in [4.69, 9.17) is 15.2 Å². The molecule has 1 aliphatic heterocycles. The zero-order chi connectivity index (χ0) is 20.3. The number of allylic oxidation sites excluding steroid dienone is 2. The number of nitrogens with two attached hydrogens (primary N) is 1. The van der Waals surface area contributed by atoms with E-state index in [0.29, 0.717) is 11.1 Å². The fourth-order valence-corrected chi connectivity index (χ4v) is 3.08. The van der Waals surface area contributed by atoms with Crippen molar-refractivity contribution in [2.24, 2.45) is 5.73 Å². The van der Waals surface area contributed by atoms with E-state index in [1.807, 2.05) is 19.1 Å². The van der Waals surface area contributed by atoms with Crippen LogP contribution in [0.1, 0.15) is 27.4 Å². The lowest BCUT2D eigenvalue weighted by atomic mass is 9.79. The molecule has 0 radical (unpaired) electrons. The first-order valence-electron chi connectivity index (χ1n) is 8.54. The van der Waals surface area contributed by atoms with E-state index in [9.17, 15) is 14.9 Å². The summed E-state index contributed by atoms with van der Waals surface area (Å²) < 4.78 is 10.2. The van der Waals surface area contributed by atoms with Crippen LogP contribution in [0.25, 0.3) is 0 Å². The first-order chi connectivity index (χ1) is 13.5. The first-order valence-corrected chi connectivity index (χ1v) is 8.54. The molecular formula is C22H18N2O4. The lowest BCUT2D eigenvalue weighted by Gasteiger charge is -2.27. The maximum absolute atomic E-state index is 13.4. The van der Waals surface area contributed by atoms with Crippen LogP contribution in [0.2, 0.25) is 0 Å². The van der Waals surface area contributed by atoms with Gasteiger partial charge in [-0.15, -0.1) is 0 Å². The van der Waals surface area contributed by atoms with Crippen molar-refractivity contribution in [2.75, 3.05) is 7.11 Å². The molecule has 6 nitrogen and oxygen atoms in total. The molecule has 2 aromatic carbocycles. The molecule has 0 saturated heterocycles. The molecule has 0 amide bonds. The van der Waals surface area contributed by atoms with E-state index >= 15 is 0 Å². The average Bonchev–Trinajstić information content (AvgIpc) is 2.73. The molecule has 1 atom stereocenters. The van der Waals surface area contributed by atoms with Gasteiger partial charge in [-0.25, -0.2) is 4.79 Å². The van der Waals surface area contributed by atoms with Gasteiger partial charge in [0, 0.05) is 5.56 Å². The van der Waals surface area contributed by atoms with Crippen LogP contribution >= 0.6 is 0 Å². The number of nitrogens with zero attached hydrogens (tertiary/aromatic N) is 1. The Morgan fingerprint density at radius 3 is 2.32 bits per heavy atom. The number of nitriles is 1. The second-order valence-corrected chi connectivity index (χ2v) is 6.27. The van der Waals surface area contributed by atoms with Gasteiger partial charge in [-0.2, -0.15) is 5.26 Å². The largest absolute Gasteiger partial charge is 0.463 e. The number of carbonyl (C=O) groups excluding carboxylic acids is 2. The Labute approximate surface area is 162 Å². The van der Waals surface area contributed by atoms with Gasteiger partial charge in [0.25, 0.3) is 0 Å². The number of ether oxygens (including phenoxy) is 2. The Balaban J connectivity index is 2.26. The molecule has 28 heavy (non-hydrogen) atoms. The smallest absolute Gasteiger partial charge is 0.374 e. The number of aryl methyl sites for hydroxylation is 1. The van der Waals surface area contributed by atoms with E-state index in [-0.39, 0.29) is 22.8 Å². The van der Waals surface area contributed by atoms with Crippen LogP contribution in [0.15, 0.2) is 77.4 Å². The van der Waals surface area contributed by atoms with E-state index in [2.05, 4.69) is 0 Å². The Bertz CT molecular complexity index is 1030. The maximum atomic E-state index is 13.4. The number of Topliss-reactive ketones (excluding diaryl/α,β-unsaturated/α-hetero) is 1. The third kappa shape index (κ3) is 3.38. The highest BCUT2D eigenvalue weighted by Gasteiger charge is 2.39. The average molecular weight is 374 g/mol. The lowest BCUT2D eigenvalue weighted by Crippen LogP contribution is -2.28. The second-order valence-electron chi connectivity index (χ2n) is 6.27. The topological polar surface area (TPSA) is 102 Å². The number of rotatable bonds is 4. The van der Waals surface area contributed by atoms with Crippen molar-refractivity contribution in [3.05, 3.63) is 94.1 Å². The van der Waals surface area contributed by atoms with Crippen LogP contribution < -0.4 is 5.73 Å². The predicted octanol–water partition coefficient (Wildman–Crippen LogP) is 3.11. The fourth-order valence-electron chi connectivity index (χ4n) is 3.08. The van der Waals surface area contributed by atoms with Crippen LogP contribution in [0.4, 0.5) is 0 Å². The summed E-state index contributed by atoms with van der Waals surface area (Å²) in [7, 11) is 1.18. The minimum atomic E-state index is -0.845. The Morgan fingerprint density at radius 1 is 1.11 bits per heavy atom. The quantitative estimate of drug-likeness (QED) is 0.652. The molecule has 0 fully saturated rings. The number of hydrogen-bond donors (Lipinski definition) is 1. The molecule has 1 heterocycles. The van der Waals surface area contributed by atoms with E-state index in [0.717, 1.165) is 5.56 Å². The minimum absolute atomic E-state index is 0.0210. The summed E-state index contributed by atoms with van der Waals surface area (Å²) in [6.45, 7) is 1.90. The zero-order valence-electron chi connectivity index (χ0n) is 15.4. The van der Waals surface area contributed by atoms with Crippen LogP contribution in [0.5, 0.6) is 0 Å². The normalized spacial score (nSPS) is 16.2. The summed E-state index contributed by atoms with van der Waals surface area (Å²) in [4.78, 5) is 25.7. The summed E-state index contributed by atoms with van der Waals surface area (Å²) in [5.74, 6) is -2.65. The highest BCUT2D eigenvalue weighted by molar-refractivity contribution is 6.14. The molecule has 6 heteroatoms. The Morgan fingerprint density at radius 2 is 1.75 bits per heavy atom. The summed E-state index contributed by atoms with van der Waals surface area (Å²) in [6, 6.07) is 17.8. The highest BCUT2D eigenvalue weighted by atomic mass is 16.6.